The van der Waals surface area contributed by atoms with Gasteiger partial charge in [0.15, 0.2) is 0 Å². The zero-order valence-corrected chi connectivity index (χ0v) is 23.4. The summed E-state index contributed by atoms with van der Waals surface area (Å²) in [6.07, 6.45) is 4.87. The van der Waals surface area contributed by atoms with Crippen molar-refractivity contribution in [2.75, 3.05) is 42.1 Å². The summed E-state index contributed by atoms with van der Waals surface area (Å²) in [5.74, 6) is -0.0829. The molecule has 200 valence electrons. The van der Waals surface area contributed by atoms with Gasteiger partial charge in [0.05, 0.1) is 29.5 Å². The van der Waals surface area contributed by atoms with Crippen LogP contribution in [0.3, 0.4) is 0 Å². The second-order valence-corrected chi connectivity index (χ2v) is 13.1. The Morgan fingerprint density at radius 3 is 2.39 bits per heavy atom. The number of aryl methyl sites for hydroxylation is 1. The first kappa shape index (κ1) is 26.5. The lowest BCUT2D eigenvalue weighted by Crippen LogP contribution is -2.49. The molecular weight excluding hydrogens is 546 g/mol. The normalized spacial score (nSPS) is 16.0. The largest absolute Gasteiger partial charge is 0.367 e. The number of hydrogen-bond donors (Lipinski definition) is 2. The Morgan fingerprint density at radius 1 is 1.11 bits per heavy atom. The summed E-state index contributed by atoms with van der Waals surface area (Å²) in [4.78, 5) is 34.9. The summed E-state index contributed by atoms with van der Waals surface area (Å²) >= 11 is 7.59. The van der Waals surface area contributed by atoms with Crippen molar-refractivity contribution in [3.8, 4) is 22.4 Å². The van der Waals surface area contributed by atoms with Gasteiger partial charge in [-0.25, -0.2) is 8.42 Å². The molecule has 0 bridgehead atoms. The van der Waals surface area contributed by atoms with Gasteiger partial charge < -0.3 is 15.5 Å². The molecular formula is C26H28ClN5O4S2. The van der Waals surface area contributed by atoms with Crippen LogP contribution in [0, 0.1) is 12.8 Å². The standard InChI is InChI=1S/C26H28ClN5O4S2/c1-15-22(21-6-5-20(14-29-21)31-7-9-32(10-8-31)26(34)16-3-4-16)23(24(37-15)25(28)33)17-11-18(27)13-19(12-17)30-38(2,35)36/h5-6,11-14,16,30H,3-4,7-10H2,1-2H3,(H2,28,33). The minimum absolute atomic E-state index is 0.230. The van der Waals surface area contributed by atoms with Gasteiger partial charge in [-0.2, -0.15) is 0 Å². The predicted molar refractivity (Wildman–Crippen MR) is 151 cm³/mol. The molecule has 0 atom stereocenters. The number of benzene rings is 1. The third-order valence-corrected chi connectivity index (χ3v) is 8.63. The minimum Gasteiger partial charge on any atom is -0.367 e. The van der Waals surface area contributed by atoms with Gasteiger partial charge in [0, 0.05) is 53.1 Å². The predicted octanol–water partition coefficient (Wildman–Crippen LogP) is 3.97. The van der Waals surface area contributed by atoms with E-state index in [1.54, 1.807) is 18.3 Å². The van der Waals surface area contributed by atoms with Gasteiger partial charge >= 0.3 is 0 Å². The van der Waals surface area contributed by atoms with Crippen LogP contribution in [0.4, 0.5) is 11.4 Å². The second kappa shape index (κ2) is 10.2. The summed E-state index contributed by atoms with van der Waals surface area (Å²) in [7, 11) is -3.54. The summed E-state index contributed by atoms with van der Waals surface area (Å²) in [5.41, 5.74) is 9.49. The second-order valence-electron chi connectivity index (χ2n) is 9.69. The number of nitrogens with two attached hydrogens (primary N) is 1. The van der Waals surface area contributed by atoms with Crippen LogP contribution >= 0.6 is 22.9 Å². The number of halogens is 1. The molecule has 0 spiro atoms. The fourth-order valence-electron chi connectivity index (χ4n) is 4.80. The smallest absolute Gasteiger partial charge is 0.259 e. The molecule has 1 aliphatic heterocycles. The summed E-state index contributed by atoms with van der Waals surface area (Å²) in [6, 6.07) is 8.69. The molecule has 1 aromatic carbocycles. The molecule has 3 heterocycles. The fourth-order valence-corrected chi connectivity index (χ4v) is 6.62. The van der Waals surface area contributed by atoms with E-state index >= 15 is 0 Å². The van der Waals surface area contributed by atoms with E-state index in [2.05, 4.69) is 9.62 Å². The summed E-state index contributed by atoms with van der Waals surface area (Å²) in [5, 5.41) is 0.307. The van der Waals surface area contributed by atoms with E-state index in [1.165, 1.54) is 17.4 Å². The lowest BCUT2D eigenvalue weighted by molar-refractivity contribution is -0.132. The molecule has 2 amide bonds. The molecule has 1 saturated carbocycles. The molecule has 2 fully saturated rings. The maximum absolute atomic E-state index is 12.4. The van der Waals surface area contributed by atoms with Gasteiger partial charge in [-0.05, 0) is 55.7 Å². The van der Waals surface area contributed by atoms with Crippen molar-refractivity contribution in [3.63, 3.8) is 0 Å². The van der Waals surface area contributed by atoms with E-state index in [0.29, 0.717) is 39.8 Å². The van der Waals surface area contributed by atoms with E-state index in [1.807, 2.05) is 24.0 Å². The van der Waals surface area contributed by atoms with E-state index in [9.17, 15) is 18.0 Å². The Bertz CT molecular complexity index is 1510. The maximum atomic E-state index is 12.4. The van der Waals surface area contributed by atoms with Crippen molar-refractivity contribution < 1.29 is 18.0 Å². The van der Waals surface area contributed by atoms with Crippen LogP contribution in [0.1, 0.15) is 27.4 Å². The molecule has 38 heavy (non-hydrogen) atoms. The van der Waals surface area contributed by atoms with Crippen LogP contribution in [0.15, 0.2) is 36.5 Å². The van der Waals surface area contributed by atoms with Crippen molar-refractivity contribution in [3.05, 3.63) is 51.3 Å². The average Bonchev–Trinajstić information content (AvgIpc) is 3.64. The first-order valence-corrected chi connectivity index (χ1v) is 15.3. The highest BCUT2D eigenvalue weighted by atomic mass is 35.5. The van der Waals surface area contributed by atoms with Crippen LogP contribution in [-0.2, 0) is 14.8 Å². The molecule has 0 unspecified atom stereocenters. The number of rotatable bonds is 7. The Labute approximate surface area is 230 Å². The maximum Gasteiger partial charge on any atom is 0.259 e. The first-order valence-electron chi connectivity index (χ1n) is 12.2. The van der Waals surface area contributed by atoms with Crippen LogP contribution in [-0.4, -0.2) is 62.6 Å². The molecule has 12 heteroatoms. The van der Waals surface area contributed by atoms with E-state index < -0.39 is 15.9 Å². The van der Waals surface area contributed by atoms with Crippen molar-refractivity contribution in [2.24, 2.45) is 11.7 Å². The van der Waals surface area contributed by atoms with E-state index in [4.69, 9.17) is 22.3 Å². The number of aromatic nitrogens is 1. The van der Waals surface area contributed by atoms with Crippen molar-refractivity contribution in [1.82, 2.24) is 9.88 Å². The minimum atomic E-state index is -3.54. The SMILES string of the molecule is Cc1sc(C(N)=O)c(-c2cc(Cl)cc(NS(C)(=O)=O)c2)c1-c1ccc(N2CCN(C(=O)C3CC3)CC2)cn1. The Hall–Kier alpha value is -3.15. The number of thiophene rings is 1. The zero-order chi connectivity index (χ0) is 27.2. The van der Waals surface area contributed by atoms with E-state index in [0.717, 1.165) is 48.3 Å². The molecule has 0 radical (unpaired) electrons. The lowest BCUT2D eigenvalue weighted by atomic mass is 9.97. The van der Waals surface area contributed by atoms with Crippen LogP contribution in [0.5, 0.6) is 0 Å². The van der Waals surface area contributed by atoms with Gasteiger partial charge in [-0.3, -0.25) is 19.3 Å². The number of carbonyl (C=O) groups excluding carboxylic acids is 2. The molecule has 2 aliphatic rings. The highest BCUT2D eigenvalue weighted by Crippen LogP contribution is 2.44. The average molecular weight is 574 g/mol. The van der Waals surface area contributed by atoms with Crippen LogP contribution in [0.25, 0.3) is 22.4 Å². The lowest BCUT2D eigenvalue weighted by Gasteiger charge is -2.36. The Morgan fingerprint density at radius 2 is 1.82 bits per heavy atom. The molecule has 3 N–H and O–H groups in total. The van der Waals surface area contributed by atoms with Gasteiger partial charge in [-0.1, -0.05) is 11.6 Å². The summed E-state index contributed by atoms with van der Waals surface area (Å²) < 4.78 is 26.1. The molecule has 9 nitrogen and oxygen atoms in total. The summed E-state index contributed by atoms with van der Waals surface area (Å²) in [6.45, 7) is 4.78. The first-order chi connectivity index (χ1) is 18.0. The van der Waals surface area contributed by atoms with Gasteiger partial charge in [0.2, 0.25) is 15.9 Å². The van der Waals surface area contributed by atoms with Crippen molar-refractivity contribution in [1.29, 1.82) is 0 Å². The monoisotopic (exact) mass is 573 g/mol. The number of primary amides is 1. The van der Waals surface area contributed by atoms with Gasteiger partial charge in [0.1, 0.15) is 4.88 Å². The van der Waals surface area contributed by atoms with Crippen molar-refractivity contribution in [2.45, 2.75) is 19.8 Å². The third kappa shape index (κ3) is 5.64. The van der Waals surface area contributed by atoms with E-state index in [-0.39, 0.29) is 17.5 Å². The topological polar surface area (TPSA) is 126 Å². The number of nitrogens with one attached hydrogen (secondary N) is 1. The zero-order valence-electron chi connectivity index (χ0n) is 21.0. The van der Waals surface area contributed by atoms with Crippen LogP contribution in [0.2, 0.25) is 5.02 Å². The Kier molecular flexibility index (Phi) is 7.10. The molecule has 5 rings (SSSR count). The quantitative estimate of drug-likeness (QED) is 0.440. The Balaban J connectivity index is 1.46. The van der Waals surface area contributed by atoms with Gasteiger partial charge in [-0.15, -0.1) is 11.3 Å². The highest BCUT2D eigenvalue weighted by Gasteiger charge is 2.34. The van der Waals surface area contributed by atoms with Crippen molar-refractivity contribution >= 4 is 56.2 Å². The number of sulfonamides is 1. The molecule has 2 aromatic heterocycles. The molecule has 1 saturated heterocycles. The number of carbonyl (C=O) groups is 2. The fraction of sp³-hybridized carbons (Fsp3) is 0.346. The number of amides is 2. The number of piperazine rings is 1. The highest BCUT2D eigenvalue weighted by molar-refractivity contribution is 7.92. The van der Waals surface area contributed by atoms with Crippen LogP contribution < -0.4 is 15.4 Å². The molecule has 1 aliphatic carbocycles. The number of anilines is 2. The molecule has 3 aromatic rings. The van der Waals surface area contributed by atoms with Gasteiger partial charge in [0.25, 0.3) is 5.91 Å². The number of pyridine rings is 1. The third-order valence-electron chi connectivity index (χ3n) is 6.68. The number of nitrogens with zero attached hydrogens (tertiary/aromatic N) is 3. The number of hydrogen-bond acceptors (Lipinski definition) is 7.